The average molecular weight is 348 g/mol. The van der Waals surface area contributed by atoms with Gasteiger partial charge in [-0.1, -0.05) is 19.1 Å². The maximum atomic E-state index is 12.1. The highest BCUT2D eigenvalue weighted by Crippen LogP contribution is 2.31. The van der Waals surface area contributed by atoms with Crippen LogP contribution >= 0.6 is 0 Å². The predicted octanol–water partition coefficient (Wildman–Crippen LogP) is 3.66. The van der Waals surface area contributed by atoms with E-state index in [-0.39, 0.29) is 13.0 Å². The second kappa shape index (κ2) is 7.71. The first-order chi connectivity index (χ1) is 11.4. The number of hydrogen-bond acceptors (Lipinski definition) is 5. The molecule has 24 heavy (non-hydrogen) atoms. The van der Waals surface area contributed by atoms with Gasteiger partial charge in [0.25, 0.3) is 0 Å². The number of nitrogens with zero attached hydrogens (tertiary/aromatic N) is 2. The van der Waals surface area contributed by atoms with Crippen molar-refractivity contribution < 1.29 is 32.3 Å². The number of hydroxylamine groups is 1. The second-order valence-corrected chi connectivity index (χ2v) is 5.08. The minimum absolute atomic E-state index is 0.0180. The third-order valence-corrected chi connectivity index (χ3v) is 3.41. The summed E-state index contributed by atoms with van der Waals surface area (Å²) in [5.41, 5.74) is 0.701. The van der Waals surface area contributed by atoms with Crippen LogP contribution in [-0.4, -0.2) is 42.7 Å². The zero-order chi connectivity index (χ0) is 17.7. The van der Waals surface area contributed by atoms with Gasteiger partial charge in [0.05, 0.1) is 13.7 Å². The molecule has 1 unspecified atom stereocenters. The van der Waals surface area contributed by atoms with Crippen molar-refractivity contribution in [3.8, 4) is 5.75 Å². The van der Waals surface area contributed by atoms with Crippen molar-refractivity contribution in [1.82, 2.24) is 10.2 Å². The number of amides is 1. The van der Waals surface area contributed by atoms with Crippen molar-refractivity contribution >= 4 is 6.09 Å². The van der Waals surface area contributed by atoms with Crippen LogP contribution in [0.2, 0.25) is 0 Å². The number of carbonyl (C=O) groups is 1. The maximum absolute atomic E-state index is 12.1. The Kier molecular flexibility index (Phi) is 5.89. The third kappa shape index (κ3) is 4.51. The van der Waals surface area contributed by atoms with Gasteiger partial charge in [-0.25, -0.2) is 4.79 Å². The van der Waals surface area contributed by atoms with Gasteiger partial charge in [-0.15, -0.1) is 10.2 Å². The van der Waals surface area contributed by atoms with E-state index in [0.29, 0.717) is 17.9 Å². The largest absolute Gasteiger partial charge is 0.494 e. The molecule has 2 rings (SSSR count). The van der Waals surface area contributed by atoms with E-state index in [1.165, 1.54) is 7.11 Å². The van der Waals surface area contributed by atoms with Gasteiger partial charge < -0.3 is 9.47 Å². The number of hydrogen-bond donors (Lipinski definition) is 0. The van der Waals surface area contributed by atoms with Crippen LogP contribution in [0, 0.1) is 0 Å². The lowest BCUT2D eigenvalue weighted by molar-refractivity contribution is -0.218. The highest BCUT2D eigenvalue weighted by Gasteiger charge is 2.40. The summed E-state index contributed by atoms with van der Waals surface area (Å²) in [6.45, 7) is 2.31. The standard InChI is InChI=1S/C15H19F3N2O4/c1-3-19-13(24-14(21)20(19)22-2)11-5-7-12(8-6-11)23-10-4-9-15(16,17)18/h5-8,13H,3-4,9-10H2,1-2H3. The number of halogens is 3. The van der Waals surface area contributed by atoms with E-state index in [2.05, 4.69) is 0 Å². The maximum Gasteiger partial charge on any atom is 0.451 e. The van der Waals surface area contributed by atoms with Crippen LogP contribution in [0.4, 0.5) is 18.0 Å². The number of carbonyl (C=O) groups excluding carboxylic acids is 1. The van der Waals surface area contributed by atoms with Gasteiger partial charge in [-0.05, 0) is 18.6 Å². The van der Waals surface area contributed by atoms with Crippen molar-refractivity contribution in [1.29, 1.82) is 0 Å². The number of hydrazine groups is 1. The zero-order valence-corrected chi connectivity index (χ0v) is 13.4. The smallest absolute Gasteiger partial charge is 0.451 e. The van der Waals surface area contributed by atoms with E-state index in [1.54, 1.807) is 29.3 Å². The van der Waals surface area contributed by atoms with Crippen LogP contribution in [0.1, 0.15) is 31.6 Å². The monoisotopic (exact) mass is 348 g/mol. The van der Waals surface area contributed by atoms with Crippen LogP contribution in [-0.2, 0) is 9.57 Å². The molecule has 0 saturated carbocycles. The Bertz CT molecular complexity index is 551. The first-order valence-corrected chi connectivity index (χ1v) is 7.46. The summed E-state index contributed by atoms with van der Waals surface area (Å²) in [4.78, 5) is 16.7. The summed E-state index contributed by atoms with van der Waals surface area (Å²) < 4.78 is 46.7. The summed E-state index contributed by atoms with van der Waals surface area (Å²) in [7, 11) is 1.37. The number of benzene rings is 1. The topological polar surface area (TPSA) is 51.2 Å². The van der Waals surface area contributed by atoms with Crippen molar-refractivity contribution in [2.24, 2.45) is 0 Å². The molecule has 0 aromatic heterocycles. The normalized spacial score (nSPS) is 18.8. The Hall–Kier alpha value is -2.00. The van der Waals surface area contributed by atoms with E-state index in [4.69, 9.17) is 14.3 Å². The molecular weight excluding hydrogens is 329 g/mol. The van der Waals surface area contributed by atoms with Gasteiger partial charge >= 0.3 is 12.3 Å². The molecular formula is C15H19F3N2O4. The van der Waals surface area contributed by atoms with Gasteiger partial charge in [-0.3, -0.25) is 4.84 Å². The van der Waals surface area contributed by atoms with Gasteiger partial charge in [-0.2, -0.15) is 13.2 Å². The lowest BCUT2D eigenvalue weighted by Gasteiger charge is -2.24. The Morgan fingerprint density at radius 1 is 1.25 bits per heavy atom. The fourth-order valence-electron chi connectivity index (χ4n) is 2.31. The van der Waals surface area contributed by atoms with Gasteiger partial charge in [0.1, 0.15) is 5.75 Å². The minimum Gasteiger partial charge on any atom is -0.494 e. The van der Waals surface area contributed by atoms with Crippen LogP contribution < -0.4 is 4.74 Å². The van der Waals surface area contributed by atoms with E-state index in [1.807, 2.05) is 6.92 Å². The van der Waals surface area contributed by atoms with Crippen LogP contribution in [0.3, 0.4) is 0 Å². The van der Waals surface area contributed by atoms with Gasteiger partial charge in [0, 0.05) is 18.5 Å². The molecule has 0 bridgehead atoms. The molecule has 134 valence electrons. The highest BCUT2D eigenvalue weighted by molar-refractivity contribution is 5.67. The molecule has 0 spiro atoms. The highest BCUT2D eigenvalue weighted by atomic mass is 19.4. The lowest BCUT2D eigenvalue weighted by Crippen LogP contribution is -2.38. The van der Waals surface area contributed by atoms with Crippen molar-refractivity contribution in [2.75, 3.05) is 20.3 Å². The molecule has 6 nitrogen and oxygen atoms in total. The molecule has 1 fully saturated rings. The molecule has 1 aliphatic heterocycles. The lowest BCUT2D eigenvalue weighted by atomic mass is 10.2. The minimum atomic E-state index is -4.17. The number of rotatable bonds is 7. The molecule has 0 radical (unpaired) electrons. The fraction of sp³-hybridized carbons (Fsp3) is 0.533. The van der Waals surface area contributed by atoms with E-state index < -0.39 is 24.9 Å². The Morgan fingerprint density at radius 3 is 2.46 bits per heavy atom. The summed E-state index contributed by atoms with van der Waals surface area (Å²) in [5, 5.41) is 2.63. The van der Waals surface area contributed by atoms with Crippen LogP contribution in [0.25, 0.3) is 0 Å². The molecule has 1 aromatic rings. The average Bonchev–Trinajstić information content (AvgIpc) is 2.87. The Balaban J connectivity index is 1.93. The van der Waals surface area contributed by atoms with Crippen LogP contribution in [0.5, 0.6) is 5.75 Å². The van der Waals surface area contributed by atoms with Gasteiger partial charge in [0.2, 0.25) is 6.23 Å². The summed E-state index contributed by atoms with van der Waals surface area (Å²) >= 11 is 0. The quantitative estimate of drug-likeness (QED) is 0.704. The number of ether oxygens (including phenoxy) is 2. The summed E-state index contributed by atoms with van der Waals surface area (Å²) in [6.07, 6.45) is -6.38. The molecule has 1 aliphatic rings. The molecule has 1 saturated heterocycles. The van der Waals surface area contributed by atoms with E-state index in [0.717, 1.165) is 5.17 Å². The predicted molar refractivity (Wildman–Crippen MR) is 77.7 cm³/mol. The molecule has 0 aliphatic carbocycles. The first kappa shape index (κ1) is 18.3. The second-order valence-electron chi connectivity index (χ2n) is 5.08. The number of cyclic esters (lactones) is 1. The van der Waals surface area contributed by atoms with Crippen molar-refractivity contribution in [3.05, 3.63) is 29.8 Å². The molecule has 1 heterocycles. The molecule has 1 atom stereocenters. The molecule has 9 heteroatoms. The molecule has 1 aromatic carbocycles. The van der Waals surface area contributed by atoms with Crippen molar-refractivity contribution in [2.45, 2.75) is 32.2 Å². The SMILES string of the molecule is CCN1C(c2ccc(OCCCC(F)(F)F)cc2)OC(=O)N1OC. The first-order valence-electron chi connectivity index (χ1n) is 7.46. The fourth-order valence-corrected chi connectivity index (χ4v) is 2.31. The van der Waals surface area contributed by atoms with Crippen LogP contribution in [0.15, 0.2) is 24.3 Å². The number of alkyl halides is 3. The summed E-state index contributed by atoms with van der Waals surface area (Å²) in [6, 6.07) is 6.64. The third-order valence-electron chi connectivity index (χ3n) is 3.41. The van der Waals surface area contributed by atoms with Crippen molar-refractivity contribution in [3.63, 3.8) is 0 Å². The van der Waals surface area contributed by atoms with Gasteiger partial charge in [0.15, 0.2) is 0 Å². The van der Waals surface area contributed by atoms with E-state index in [9.17, 15) is 18.0 Å². The van der Waals surface area contributed by atoms with E-state index >= 15 is 0 Å². The molecule has 0 N–H and O–H groups in total. The molecule has 1 amide bonds. The Morgan fingerprint density at radius 2 is 1.92 bits per heavy atom. The zero-order valence-electron chi connectivity index (χ0n) is 13.4. The Labute approximate surface area is 137 Å². The summed E-state index contributed by atoms with van der Waals surface area (Å²) in [5.74, 6) is 0.455.